The minimum atomic E-state index is -3.54. The molecule has 0 bridgehead atoms. The van der Waals surface area contributed by atoms with Crippen molar-refractivity contribution >= 4 is 10.0 Å². The highest BCUT2D eigenvalue weighted by Crippen LogP contribution is 2.24. The van der Waals surface area contributed by atoms with E-state index in [2.05, 4.69) is 4.72 Å². The standard InChI is InChI=1S/C19H23NO4S/c21-25(22,20-14-15-23-16-6-2-1-3-7-16)19-12-10-18(11-13-19)24-17-8-4-5-9-17/h1-3,6-7,10-13,17,20H,4-5,8-9,14-15H2. The second kappa shape index (κ2) is 8.36. The molecule has 6 heteroatoms. The topological polar surface area (TPSA) is 64.6 Å². The highest BCUT2D eigenvalue weighted by molar-refractivity contribution is 7.89. The fourth-order valence-corrected chi connectivity index (χ4v) is 3.85. The van der Waals surface area contributed by atoms with Crippen LogP contribution in [0.15, 0.2) is 59.5 Å². The van der Waals surface area contributed by atoms with Gasteiger partial charge in [-0.2, -0.15) is 0 Å². The predicted molar refractivity (Wildman–Crippen MR) is 96.5 cm³/mol. The van der Waals surface area contributed by atoms with Gasteiger partial charge in [-0.1, -0.05) is 18.2 Å². The van der Waals surface area contributed by atoms with Gasteiger partial charge in [0.1, 0.15) is 18.1 Å². The minimum absolute atomic E-state index is 0.206. The first-order valence-electron chi connectivity index (χ1n) is 8.58. The highest BCUT2D eigenvalue weighted by Gasteiger charge is 2.17. The van der Waals surface area contributed by atoms with Crippen LogP contribution in [0.5, 0.6) is 11.5 Å². The van der Waals surface area contributed by atoms with Crippen molar-refractivity contribution in [3.8, 4) is 11.5 Å². The Hall–Kier alpha value is -2.05. The lowest BCUT2D eigenvalue weighted by Crippen LogP contribution is -2.28. The molecule has 0 atom stereocenters. The molecule has 0 aromatic heterocycles. The smallest absolute Gasteiger partial charge is 0.240 e. The van der Waals surface area contributed by atoms with Gasteiger partial charge in [0.05, 0.1) is 11.0 Å². The minimum Gasteiger partial charge on any atom is -0.492 e. The number of nitrogens with one attached hydrogen (secondary N) is 1. The summed E-state index contributed by atoms with van der Waals surface area (Å²) in [7, 11) is -3.54. The maximum absolute atomic E-state index is 12.3. The zero-order valence-electron chi connectivity index (χ0n) is 14.1. The molecule has 1 aliphatic carbocycles. The quantitative estimate of drug-likeness (QED) is 0.732. The molecule has 1 fully saturated rings. The van der Waals surface area contributed by atoms with Crippen molar-refractivity contribution in [1.29, 1.82) is 0 Å². The van der Waals surface area contributed by atoms with Crippen molar-refractivity contribution < 1.29 is 17.9 Å². The van der Waals surface area contributed by atoms with Gasteiger partial charge in [0.25, 0.3) is 0 Å². The molecule has 0 aliphatic heterocycles. The SMILES string of the molecule is O=S(=O)(NCCOc1ccccc1)c1ccc(OC2CCCC2)cc1. The Morgan fingerprint density at radius 1 is 0.920 bits per heavy atom. The van der Waals surface area contributed by atoms with Gasteiger partial charge >= 0.3 is 0 Å². The van der Waals surface area contributed by atoms with Crippen LogP contribution in [-0.4, -0.2) is 27.7 Å². The molecule has 0 saturated heterocycles. The molecule has 1 saturated carbocycles. The Kier molecular flexibility index (Phi) is 5.94. The van der Waals surface area contributed by atoms with Crippen LogP contribution in [0.25, 0.3) is 0 Å². The number of para-hydroxylation sites is 1. The molecule has 0 heterocycles. The molecule has 0 amide bonds. The lowest BCUT2D eigenvalue weighted by atomic mass is 10.3. The van der Waals surface area contributed by atoms with Crippen LogP contribution in [0.1, 0.15) is 25.7 Å². The molecule has 0 radical (unpaired) electrons. The number of hydrogen-bond donors (Lipinski definition) is 1. The number of benzene rings is 2. The highest BCUT2D eigenvalue weighted by atomic mass is 32.2. The summed E-state index contributed by atoms with van der Waals surface area (Å²) < 4.78 is 38.5. The second-order valence-corrected chi connectivity index (χ2v) is 7.82. The predicted octanol–water partition coefficient (Wildman–Crippen LogP) is 3.37. The van der Waals surface area contributed by atoms with E-state index >= 15 is 0 Å². The van der Waals surface area contributed by atoms with E-state index in [1.165, 1.54) is 12.8 Å². The van der Waals surface area contributed by atoms with Gasteiger partial charge < -0.3 is 9.47 Å². The monoisotopic (exact) mass is 361 g/mol. The molecular weight excluding hydrogens is 338 g/mol. The summed E-state index contributed by atoms with van der Waals surface area (Å²) in [6, 6.07) is 15.9. The third-order valence-electron chi connectivity index (χ3n) is 4.15. The Labute approximate surface area is 149 Å². The third-order valence-corrected chi connectivity index (χ3v) is 5.62. The number of hydrogen-bond acceptors (Lipinski definition) is 4. The first kappa shape index (κ1) is 17.8. The lowest BCUT2D eigenvalue weighted by molar-refractivity contribution is 0.210. The van der Waals surface area contributed by atoms with Crippen LogP contribution in [0.3, 0.4) is 0 Å². The Morgan fingerprint density at radius 2 is 1.60 bits per heavy atom. The van der Waals surface area contributed by atoms with Gasteiger partial charge in [-0.15, -0.1) is 0 Å². The van der Waals surface area contributed by atoms with Crippen molar-refractivity contribution in [3.63, 3.8) is 0 Å². The fourth-order valence-electron chi connectivity index (χ4n) is 2.84. The molecule has 0 unspecified atom stereocenters. The van der Waals surface area contributed by atoms with Gasteiger partial charge in [-0.3, -0.25) is 0 Å². The zero-order chi connectivity index (χ0) is 17.5. The van der Waals surface area contributed by atoms with Crippen molar-refractivity contribution in [2.75, 3.05) is 13.2 Å². The molecule has 3 rings (SSSR count). The average Bonchev–Trinajstić information content (AvgIpc) is 3.13. The third kappa shape index (κ3) is 5.21. The Balaban J connectivity index is 1.49. The summed E-state index contributed by atoms with van der Waals surface area (Å²) in [5, 5.41) is 0. The molecule has 25 heavy (non-hydrogen) atoms. The molecule has 0 spiro atoms. The number of sulfonamides is 1. The fraction of sp³-hybridized carbons (Fsp3) is 0.368. The van der Waals surface area contributed by atoms with Gasteiger partial charge in [0.2, 0.25) is 10.0 Å². The van der Waals surface area contributed by atoms with Gasteiger partial charge in [-0.25, -0.2) is 13.1 Å². The van der Waals surface area contributed by atoms with E-state index in [-0.39, 0.29) is 24.2 Å². The lowest BCUT2D eigenvalue weighted by Gasteiger charge is -2.13. The van der Waals surface area contributed by atoms with Crippen LogP contribution >= 0.6 is 0 Å². The van der Waals surface area contributed by atoms with Crippen LogP contribution in [0, 0.1) is 0 Å². The average molecular weight is 361 g/mol. The van der Waals surface area contributed by atoms with E-state index in [9.17, 15) is 8.42 Å². The van der Waals surface area contributed by atoms with Crippen LogP contribution < -0.4 is 14.2 Å². The summed E-state index contributed by atoms with van der Waals surface area (Å²) in [5.41, 5.74) is 0. The number of rotatable bonds is 8. The molecule has 5 nitrogen and oxygen atoms in total. The normalized spacial score (nSPS) is 15.2. The largest absolute Gasteiger partial charge is 0.492 e. The summed E-state index contributed by atoms with van der Waals surface area (Å²) in [5.74, 6) is 1.44. The number of ether oxygens (including phenoxy) is 2. The Bertz CT molecular complexity index is 754. The summed E-state index contributed by atoms with van der Waals surface area (Å²) in [6.07, 6.45) is 4.81. The van der Waals surface area contributed by atoms with E-state index < -0.39 is 10.0 Å². The molecule has 2 aromatic rings. The zero-order valence-corrected chi connectivity index (χ0v) is 14.9. The first-order valence-corrected chi connectivity index (χ1v) is 10.1. The van der Waals surface area contributed by atoms with Gasteiger partial charge in [0.15, 0.2) is 0 Å². The molecule has 1 N–H and O–H groups in total. The van der Waals surface area contributed by atoms with E-state index in [1.807, 2.05) is 30.3 Å². The second-order valence-electron chi connectivity index (χ2n) is 6.06. The van der Waals surface area contributed by atoms with Gasteiger partial charge in [-0.05, 0) is 62.1 Å². The van der Waals surface area contributed by atoms with E-state index in [1.54, 1.807) is 24.3 Å². The van der Waals surface area contributed by atoms with Crippen LogP contribution in [0.2, 0.25) is 0 Å². The molecule has 1 aliphatic rings. The maximum Gasteiger partial charge on any atom is 0.240 e. The van der Waals surface area contributed by atoms with Crippen molar-refractivity contribution in [2.24, 2.45) is 0 Å². The maximum atomic E-state index is 12.3. The summed E-state index contributed by atoms with van der Waals surface area (Å²) in [6.45, 7) is 0.476. The van der Waals surface area contributed by atoms with Crippen molar-refractivity contribution in [3.05, 3.63) is 54.6 Å². The first-order chi connectivity index (χ1) is 12.1. The van der Waals surface area contributed by atoms with Crippen LogP contribution in [0.4, 0.5) is 0 Å². The van der Waals surface area contributed by atoms with Crippen molar-refractivity contribution in [2.45, 2.75) is 36.7 Å². The van der Waals surface area contributed by atoms with Crippen molar-refractivity contribution in [1.82, 2.24) is 4.72 Å². The molecule has 2 aromatic carbocycles. The van der Waals surface area contributed by atoms with E-state index in [4.69, 9.17) is 9.47 Å². The Morgan fingerprint density at radius 3 is 2.28 bits per heavy atom. The van der Waals surface area contributed by atoms with E-state index in [0.717, 1.165) is 24.3 Å². The molecule has 134 valence electrons. The summed E-state index contributed by atoms with van der Waals surface area (Å²) in [4.78, 5) is 0.228. The summed E-state index contributed by atoms with van der Waals surface area (Å²) >= 11 is 0. The van der Waals surface area contributed by atoms with Crippen LogP contribution in [-0.2, 0) is 10.0 Å². The van der Waals surface area contributed by atoms with E-state index in [0.29, 0.717) is 0 Å². The van der Waals surface area contributed by atoms with Gasteiger partial charge in [0, 0.05) is 6.54 Å². The molecular formula is C19H23NO4S.